The van der Waals surface area contributed by atoms with Crippen molar-refractivity contribution in [3.05, 3.63) is 77.4 Å². The van der Waals surface area contributed by atoms with E-state index in [4.69, 9.17) is 52.1 Å². The summed E-state index contributed by atoms with van der Waals surface area (Å²) in [6.45, 7) is -0.998. The van der Waals surface area contributed by atoms with Crippen LogP contribution in [0.15, 0.2) is 60.7 Å². The quantitative estimate of drug-likeness (QED) is 0.0420. The van der Waals surface area contributed by atoms with Crippen LogP contribution < -0.4 is 14.2 Å². The summed E-state index contributed by atoms with van der Waals surface area (Å²) in [5.74, 6) is -2.78. The molecule has 0 bridgehead atoms. The summed E-state index contributed by atoms with van der Waals surface area (Å²) in [6, 6.07) is 11.2. The molecule has 3 aliphatic heterocycles. The van der Waals surface area contributed by atoms with Crippen molar-refractivity contribution in [3.8, 4) is 40.2 Å². The van der Waals surface area contributed by atoms with Gasteiger partial charge >= 0.3 is 11.9 Å². The molecule has 0 unspecified atom stereocenters. The second-order valence-corrected chi connectivity index (χ2v) is 16.2. The van der Waals surface area contributed by atoms with Crippen LogP contribution in [0, 0.1) is 0 Å². The third kappa shape index (κ3) is 12.7. The maximum absolute atomic E-state index is 13.1. The number of aliphatic hydroxyl groups is 6. The van der Waals surface area contributed by atoms with E-state index in [2.05, 4.69) is 0 Å². The summed E-state index contributed by atoms with van der Waals surface area (Å²) in [7, 11) is 4.00. The van der Waals surface area contributed by atoms with Crippen molar-refractivity contribution < 1.29 is 113 Å². The third-order valence-corrected chi connectivity index (χ3v) is 11.4. The Kier molecular flexibility index (Phi) is 17.7. The van der Waals surface area contributed by atoms with Crippen molar-refractivity contribution in [1.82, 2.24) is 0 Å². The standard InChI is InChI=1S/C46H56O23/c1-22-35(52)38(55)39(56)43(66-22)68-40-37(54)32(19-63-33(50)12-8-25-17-30(60-3)36(53)31(18-25)61-4)67-44(62-14-13-24-5-9-26(47)28(49)15-24)41(40)69-45-42(57)46(58,21-65-45)20-64-34(51)11-7-23-6-10-27(48)29(16-23)59-2/h5-12,15-18,22,32,35,37-45,47-49,52-58H,13-14,19-21H2,1-4H3/t22-,32+,35-,37+,38+,39+,40-,41+,42-,43-,44+,45-,46+/m0/s1. The Hall–Kier alpha value is -5.80. The predicted octanol–water partition coefficient (Wildman–Crippen LogP) is -0.261. The number of hydrogen-bond acceptors (Lipinski definition) is 23. The van der Waals surface area contributed by atoms with Gasteiger partial charge in [-0.1, -0.05) is 12.1 Å². The van der Waals surface area contributed by atoms with Gasteiger partial charge in [-0.25, -0.2) is 9.59 Å². The summed E-state index contributed by atoms with van der Waals surface area (Å²) >= 11 is 0. The third-order valence-electron chi connectivity index (χ3n) is 11.4. The van der Waals surface area contributed by atoms with Gasteiger partial charge in [0, 0.05) is 12.2 Å². The van der Waals surface area contributed by atoms with Crippen molar-refractivity contribution in [2.75, 3.05) is 47.8 Å². The SMILES string of the molecule is COc1cc(C=CC(=O)OC[C@@]2(O)CO[C@@H](O[C@H]3[C@H](OCCc4ccc(O)c(O)c4)O[C@H](COC(=O)C=Cc4cc(OC)c(O)c(OC)c4)[C@@H](O)[C@@H]3O[C@@H]3O[C@@H](C)[C@H](O)[C@@H](O)[C@H]3O)[C@@H]2O)ccc1O. The Morgan fingerprint density at radius 2 is 1.30 bits per heavy atom. The zero-order chi connectivity index (χ0) is 50.2. The maximum Gasteiger partial charge on any atom is 0.330 e. The summed E-state index contributed by atoms with van der Waals surface area (Å²) < 4.78 is 61.9. The number of aliphatic hydroxyl groups excluding tert-OH is 5. The van der Waals surface area contributed by atoms with Gasteiger partial charge < -0.3 is 103 Å². The van der Waals surface area contributed by atoms with Crippen molar-refractivity contribution in [3.63, 3.8) is 0 Å². The summed E-state index contributed by atoms with van der Waals surface area (Å²) in [5, 5.41) is 107. The molecule has 3 aliphatic rings. The number of phenolic OH excluding ortho intramolecular Hbond substituents is 4. The number of hydrogen-bond donors (Lipinski definition) is 10. The number of phenols is 4. The Morgan fingerprint density at radius 1 is 0.681 bits per heavy atom. The van der Waals surface area contributed by atoms with Gasteiger partial charge in [0.2, 0.25) is 5.75 Å². The molecular weight excluding hydrogens is 920 g/mol. The second kappa shape index (κ2) is 23.2. The number of carbonyl (C=O) groups excluding carboxylic acids is 2. The van der Waals surface area contributed by atoms with Gasteiger partial charge in [0.05, 0.1) is 40.6 Å². The minimum atomic E-state index is -2.28. The van der Waals surface area contributed by atoms with Crippen molar-refractivity contribution in [1.29, 1.82) is 0 Å². The molecule has 378 valence electrons. The average Bonchev–Trinajstić information content (AvgIpc) is 3.62. The Labute approximate surface area is 394 Å². The highest BCUT2D eigenvalue weighted by molar-refractivity contribution is 5.88. The van der Waals surface area contributed by atoms with Crippen LogP contribution in [0.2, 0.25) is 0 Å². The lowest BCUT2D eigenvalue weighted by Crippen LogP contribution is -2.65. The van der Waals surface area contributed by atoms with Crippen LogP contribution in [-0.4, -0.2) is 190 Å². The van der Waals surface area contributed by atoms with E-state index in [9.17, 15) is 60.7 Å². The van der Waals surface area contributed by atoms with E-state index in [0.29, 0.717) is 16.7 Å². The van der Waals surface area contributed by atoms with E-state index < -0.39 is 117 Å². The molecule has 0 amide bonds. The molecule has 6 rings (SSSR count). The predicted molar refractivity (Wildman–Crippen MR) is 233 cm³/mol. The topological polar surface area (TPSA) is 338 Å². The number of benzene rings is 3. The Morgan fingerprint density at radius 3 is 1.97 bits per heavy atom. The first-order chi connectivity index (χ1) is 32.9. The van der Waals surface area contributed by atoms with Gasteiger partial charge in [-0.05, 0) is 78.6 Å². The Balaban J connectivity index is 1.23. The zero-order valence-electron chi connectivity index (χ0n) is 37.7. The average molecular weight is 977 g/mol. The van der Waals surface area contributed by atoms with Crippen LogP contribution in [0.4, 0.5) is 0 Å². The van der Waals surface area contributed by atoms with Gasteiger partial charge in [-0.3, -0.25) is 0 Å². The van der Waals surface area contributed by atoms with Crippen LogP contribution in [-0.2, 0) is 53.9 Å². The van der Waals surface area contributed by atoms with Crippen molar-refractivity contribution in [2.45, 2.75) is 92.8 Å². The minimum absolute atomic E-state index is 0.0572. The molecule has 13 atom stereocenters. The van der Waals surface area contributed by atoms with E-state index >= 15 is 0 Å². The Bertz CT molecular complexity index is 2260. The molecule has 69 heavy (non-hydrogen) atoms. The van der Waals surface area contributed by atoms with Crippen LogP contribution in [0.1, 0.15) is 23.6 Å². The molecule has 0 radical (unpaired) electrons. The van der Waals surface area contributed by atoms with Gasteiger partial charge in [-0.2, -0.15) is 0 Å². The highest BCUT2D eigenvalue weighted by atomic mass is 16.8. The molecule has 0 aromatic heterocycles. The van der Waals surface area contributed by atoms with E-state index in [1.807, 2.05) is 0 Å². The highest BCUT2D eigenvalue weighted by Crippen LogP contribution is 2.38. The summed E-state index contributed by atoms with van der Waals surface area (Å²) in [5.41, 5.74) is -0.966. The molecule has 3 aromatic rings. The number of aromatic hydroxyl groups is 4. The fraction of sp³-hybridized carbons (Fsp3) is 0.478. The smallest absolute Gasteiger partial charge is 0.330 e. The van der Waals surface area contributed by atoms with Crippen LogP contribution in [0.25, 0.3) is 12.2 Å². The first-order valence-electron chi connectivity index (χ1n) is 21.4. The number of esters is 2. The molecule has 3 saturated heterocycles. The van der Waals surface area contributed by atoms with Gasteiger partial charge in [0.15, 0.2) is 59.0 Å². The van der Waals surface area contributed by atoms with Gasteiger partial charge in [0.1, 0.15) is 62.0 Å². The number of rotatable bonds is 19. The molecule has 0 saturated carbocycles. The summed E-state index contributed by atoms with van der Waals surface area (Å²) in [4.78, 5) is 25.8. The van der Waals surface area contributed by atoms with Crippen molar-refractivity contribution in [2.24, 2.45) is 0 Å². The van der Waals surface area contributed by atoms with E-state index in [-0.39, 0.29) is 47.5 Å². The fourth-order valence-electron chi connectivity index (χ4n) is 7.41. The first-order valence-corrected chi connectivity index (χ1v) is 21.4. The molecule has 23 nitrogen and oxygen atoms in total. The number of methoxy groups -OCH3 is 3. The maximum atomic E-state index is 13.1. The lowest BCUT2D eigenvalue weighted by Gasteiger charge is -2.47. The van der Waals surface area contributed by atoms with Crippen LogP contribution in [0.5, 0.6) is 40.2 Å². The molecule has 3 aromatic carbocycles. The molecule has 10 N–H and O–H groups in total. The van der Waals surface area contributed by atoms with Crippen molar-refractivity contribution >= 4 is 24.1 Å². The number of carbonyl (C=O) groups is 2. The molecular formula is C46H56O23. The molecule has 0 spiro atoms. The first kappa shape index (κ1) is 52.6. The van der Waals surface area contributed by atoms with Gasteiger partial charge in [0.25, 0.3) is 0 Å². The largest absolute Gasteiger partial charge is 0.504 e. The molecule has 3 heterocycles. The lowest BCUT2D eigenvalue weighted by molar-refractivity contribution is -0.375. The molecule has 0 aliphatic carbocycles. The van der Waals surface area contributed by atoms with E-state index in [0.717, 1.165) is 12.2 Å². The van der Waals surface area contributed by atoms with E-state index in [1.54, 1.807) is 0 Å². The minimum Gasteiger partial charge on any atom is -0.504 e. The van der Waals surface area contributed by atoms with E-state index in [1.165, 1.54) is 88.9 Å². The molecule has 23 heteroatoms. The monoisotopic (exact) mass is 976 g/mol. The number of ether oxygens (including phenoxy) is 11. The second-order valence-electron chi connectivity index (χ2n) is 16.2. The highest BCUT2D eigenvalue weighted by Gasteiger charge is 2.56. The molecule has 3 fully saturated rings. The lowest BCUT2D eigenvalue weighted by atomic mass is 9.96. The van der Waals surface area contributed by atoms with Gasteiger partial charge in [-0.15, -0.1) is 0 Å². The summed E-state index contributed by atoms with van der Waals surface area (Å²) in [6.07, 6.45) is -15.6. The van der Waals surface area contributed by atoms with Crippen LogP contribution in [0.3, 0.4) is 0 Å². The zero-order valence-corrected chi connectivity index (χ0v) is 37.7. The van der Waals surface area contributed by atoms with Crippen LogP contribution >= 0.6 is 0 Å². The fourth-order valence-corrected chi connectivity index (χ4v) is 7.41. The normalized spacial score (nSPS) is 30.3.